The first kappa shape index (κ1) is 13.0. The molecule has 2 rings (SSSR count). The van der Waals surface area contributed by atoms with Crippen molar-refractivity contribution in [1.82, 2.24) is 5.32 Å². The molecule has 3 heteroatoms. The first-order valence-corrected chi connectivity index (χ1v) is 6.42. The van der Waals surface area contributed by atoms with E-state index in [0.717, 1.165) is 5.56 Å². The van der Waals surface area contributed by atoms with Crippen molar-refractivity contribution < 1.29 is 4.39 Å². The molecular formula is C15H19FN2. The van der Waals surface area contributed by atoms with E-state index in [4.69, 9.17) is 5.26 Å². The van der Waals surface area contributed by atoms with E-state index in [-0.39, 0.29) is 5.56 Å². The minimum absolute atomic E-state index is 0.126. The van der Waals surface area contributed by atoms with E-state index in [9.17, 15) is 4.39 Å². The van der Waals surface area contributed by atoms with Crippen LogP contribution in [0.1, 0.15) is 44.2 Å². The second-order valence-corrected chi connectivity index (χ2v) is 5.91. The summed E-state index contributed by atoms with van der Waals surface area (Å²) in [4.78, 5) is 0. The van der Waals surface area contributed by atoms with Gasteiger partial charge in [-0.15, -0.1) is 0 Å². The van der Waals surface area contributed by atoms with E-state index in [1.54, 1.807) is 12.1 Å². The number of nitrogens with one attached hydrogen (secondary N) is 1. The Morgan fingerprint density at radius 3 is 2.89 bits per heavy atom. The van der Waals surface area contributed by atoms with Gasteiger partial charge in [0, 0.05) is 12.6 Å². The molecule has 0 radical (unpaired) electrons. The molecule has 1 fully saturated rings. The van der Waals surface area contributed by atoms with Gasteiger partial charge in [-0.2, -0.15) is 5.26 Å². The summed E-state index contributed by atoms with van der Waals surface area (Å²) in [6, 6.07) is 7.15. The molecule has 18 heavy (non-hydrogen) atoms. The maximum absolute atomic E-state index is 13.2. The number of hydrogen-bond donors (Lipinski definition) is 1. The van der Waals surface area contributed by atoms with Crippen LogP contribution >= 0.6 is 0 Å². The molecule has 1 atom stereocenters. The topological polar surface area (TPSA) is 35.8 Å². The van der Waals surface area contributed by atoms with Crippen LogP contribution in [0.2, 0.25) is 0 Å². The fourth-order valence-electron chi connectivity index (χ4n) is 2.64. The molecule has 2 nitrogen and oxygen atoms in total. The van der Waals surface area contributed by atoms with Gasteiger partial charge in [0.25, 0.3) is 0 Å². The van der Waals surface area contributed by atoms with Crippen molar-refractivity contribution in [3.05, 3.63) is 35.1 Å². The van der Waals surface area contributed by atoms with Crippen molar-refractivity contribution in [2.24, 2.45) is 5.41 Å². The second kappa shape index (κ2) is 5.07. The highest BCUT2D eigenvalue weighted by Crippen LogP contribution is 2.36. The lowest BCUT2D eigenvalue weighted by atomic mass is 9.92. The Bertz CT molecular complexity index is 474. The van der Waals surface area contributed by atoms with Crippen LogP contribution in [-0.2, 0) is 6.54 Å². The maximum Gasteiger partial charge on any atom is 0.140 e. The van der Waals surface area contributed by atoms with Gasteiger partial charge in [-0.05, 0) is 42.4 Å². The van der Waals surface area contributed by atoms with Crippen molar-refractivity contribution in [2.75, 3.05) is 0 Å². The van der Waals surface area contributed by atoms with Crippen LogP contribution < -0.4 is 5.32 Å². The third-order valence-electron chi connectivity index (χ3n) is 3.71. The van der Waals surface area contributed by atoms with Crippen LogP contribution in [0.4, 0.5) is 4.39 Å². The molecule has 0 saturated heterocycles. The summed E-state index contributed by atoms with van der Waals surface area (Å²) >= 11 is 0. The summed E-state index contributed by atoms with van der Waals surface area (Å²) in [5, 5.41) is 12.3. The first-order chi connectivity index (χ1) is 8.50. The van der Waals surface area contributed by atoms with Gasteiger partial charge in [0.1, 0.15) is 11.9 Å². The SMILES string of the molecule is CC1(C)CCC(NCc2ccc(F)c(C#N)c2)C1. The van der Waals surface area contributed by atoms with E-state index in [1.807, 2.05) is 6.07 Å². The molecule has 1 aromatic carbocycles. The predicted molar refractivity (Wildman–Crippen MR) is 69.4 cm³/mol. The average Bonchev–Trinajstić information content (AvgIpc) is 2.68. The van der Waals surface area contributed by atoms with Crippen LogP contribution in [0.15, 0.2) is 18.2 Å². The van der Waals surface area contributed by atoms with Crippen LogP contribution in [0.3, 0.4) is 0 Å². The summed E-state index contributed by atoms with van der Waals surface area (Å²) in [6.45, 7) is 5.29. The average molecular weight is 246 g/mol. The lowest BCUT2D eigenvalue weighted by Crippen LogP contribution is -2.26. The summed E-state index contributed by atoms with van der Waals surface area (Å²) < 4.78 is 13.2. The second-order valence-electron chi connectivity index (χ2n) is 5.91. The molecule has 1 unspecified atom stereocenters. The lowest BCUT2D eigenvalue weighted by molar-refractivity contribution is 0.364. The molecule has 0 amide bonds. The van der Waals surface area contributed by atoms with Crippen molar-refractivity contribution in [1.29, 1.82) is 5.26 Å². The standard InChI is InChI=1S/C15H19FN2/c1-15(2)6-5-13(8-15)18-10-11-3-4-14(16)12(7-11)9-17/h3-4,7,13,18H,5-6,8,10H2,1-2H3. The third kappa shape index (κ3) is 3.08. The van der Waals surface area contributed by atoms with Crippen molar-refractivity contribution in [3.63, 3.8) is 0 Å². The van der Waals surface area contributed by atoms with Gasteiger partial charge in [0.2, 0.25) is 0 Å². The Morgan fingerprint density at radius 2 is 2.28 bits per heavy atom. The quantitative estimate of drug-likeness (QED) is 0.887. The lowest BCUT2D eigenvalue weighted by Gasteiger charge is -2.18. The molecule has 0 aliphatic heterocycles. The minimum Gasteiger partial charge on any atom is -0.310 e. The smallest absolute Gasteiger partial charge is 0.140 e. The predicted octanol–water partition coefficient (Wildman–Crippen LogP) is 3.37. The van der Waals surface area contributed by atoms with Gasteiger partial charge in [0.05, 0.1) is 5.56 Å². The molecular weight excluding hydrogens is 227 g/mol. The van der Waals surface area contributed by atoms with E-state index in [1.165, 1.54) is 25.3 Å². The fraction of sp³-hybridized carbons (Fsp3) is 0.533. The first-order valence-electron chi connectivity index (χ1n) is 6.42. The van der Waals surface area contributed by atoms with Gasteiger partial charge >= 0.3 is 0 Å². The van der Waals surface area contributed by atoms with Crippen LogP contribution in [0, 0.1) is 22.6 Å². The van der Waals surface area contributed by atoms with E-state index in [0.29, 0.717) is 18.0 Å². The number of rotatable bonds is 3. The molecule has 1 aliphatic carbocycles. The molecule has 1 N–H and O–H groups in total. The number of halogens is 1. The van der Waals surface area contributed by atoms with E-state index < -0.39 is 5.82 Å². The third-order valence-corrected chi connectivity index (χ3v) is 3.71. The van der Waals surface area contributed by atoms with Crippen molar-refractivity contribution in [3.8, 4) is 6.07 Å². The monoisotopic (exact) mass is 246 g/mol. The fourth-order valence-corrected chi connectivity index (χ4v) is 2.64. The maximum atomic E-state index is 13.2. The summed E-state index contributed by atoms with van der Waals surface area (Å²) in [7, 11) is 0. The Labute approximate surface area is 108 Å². The van der Waals surface area contributed by atoms with Gasteiger partial charge < -0.3 is 5.32 Å². The number of hydrogen-bond acceptors (Lipinski definition) is 2. The Balaban J connectivity index is 1.93. The summed E-state index contributed by atoms with van der Waals surface area (Å²) in [6.07, 6.45) is 3.62. The van der Waals surface area contributed by atoms with Gasteiger partial charge in [-0.25, -0.2) is 4.39 Å². The highest BCUT2D eigenvalue weighted by molar-refractivity contribution is 5.34. The van der Waals surface area contributed by atoms with Gasteiger partial charge in [-0.1, -0.05) is 19.9 Å². The van der Waals surface area contributed by atoms with Crippen molar-refractivity contribution in [2.45, 2.75) is 45.7 Å². The van der Waals surface area contributed by atoms with Crippen LogP contribution in [0.25, 0.3) is 0 Å². The number of nitriles is 1. The van der Waals surface area contributed by atoms with Gasteiger partial charge in [-0.3, -0.25) is 0 Å². The molecule has 0 aromatic heterocycles. The van der Waals surface area contributed by atoms with E-state index in [2.05, 4.69) is 19.2 Å². The van der Waals surface area contributed by atoms with E-state index >= 15 is 0 Å². The largest absolute Gasteiger partial charge is 0.310 e. The molecule has 96 valence electrons. The molecule has 0 spiro atoms. The minimum atomic E-state index is -0.441. The highest BCUT2D eigenvalue weighted by Gasteiger charge is 2.30. The zero-order valence-electron chi connectivity index (χ0n) is 11.0. The van der Waals surface area contributed by atoms with Crippen LogP contribution in [0.5, 0.6) is 0 Å². The molecule has 0 heterocycles. The Kier molecular flexibility index (Phi) is 3.68. The summed E-state index contributed by atoms with van der Waals surface area (Å²) in [5.74, 6) is -0.441. The van der Waals surface area contributed by atoms with Crippen molar-refractivity contribution >= 4 is 0 Å². The highest BCUT2D eigenvalue weighted by atomic mass is 19.1. The molecule has 1 aliphatic rings. The summed E-state index contributed by atoms with van der Waals surface area (Å²) in [5.41, 5.74) is 1.52. The normalized spacial score (nSPS) is 21.8. The molecule has 1 aromatic rings. The number of nitrogens with zero attached hydrogens (tertiary/aromatic N) is 1. The van der Waals surface area contributed by atoms with Crippen LogP contribution in [-0.4, -0.2) is 6.04 Å². The van der Waals surface area contributed by atoms with Gasteiger partial charge in [0.15, 0.2) is 0 Å². The Hall–Kier alpha value is -1.40. The zero-order chi connectivity index (χ0) is 13.2. The zero-order valence-corrected chi connectivity index (χ0v) is 11.0. The molecule has 0 bridgehead atoms. The number of benzene rings is 1. The molecule has 1 saturated carbocycles. The Morgan fingerprint density at radius 1 is 1.50 bits per heavy atom.